The Labute approximate surface area is 120 Å². The van der Waals surface area contributed by atoms with Crippen LogP contribution in [-0.2, 0) is 12.3 Å². The summed E-state index contributed by atoms with van der Waals surface area (Å²) in [5.74, 6) is 1.17. The van der Waals surface area contributed by atoms with Gasteiger partial charge in [0.15, 0.2) is 0 Å². The molecule has 3 rings (SSSR count). The van der Waals surface area contributed by atoms with Gasteiger partial charge in [0, 0.05) is 17.5 Å². The van der Waals surface area contributed by atoms with E-state index in [9.17, 15) is 0 Å². The zero-order valence-electron chi connectivity index (χ0n) is 10.6. The van der Waals surface area contributed by atoms with Crippen molar-refractivity contribution in [2.45, 2.75) is 17.5 Å². The van der Waals surface area contributed by atoms with E-state index in [0.717, 1.165) is 17.0 Å². The van der Waals surface area contributed by atoms with Gasteiger partial charge in [-0.3, -0.25) is 0 Å². The lowest BCUT2D eigenvalue weighted by atomic mass is 10.3. The van der Waals surface area contributed by atoms with Gasteiger partial charge >= 0.3 is 0 Å². The molecule has 7 heteroatoms. The molecule has 0 aliphatic heterocycles. The van der Waals surface area contributed by atoms with Crippen molar-refractivity contribution < 1.29 is 4.42 Å². The molecule has 0 bridgehead atoms. The molecule has 0 atom stereocenters. The number of nitrogens with two attached hydrogens (primary N) is 1. The van der Waals surface area contributed by atoms with E-state index in [2.05, 4.69) is 15.3 Å². The number of hydrogen-bond donors (Lipinski definition) is 1. The lowest BCUT2D eigenvalue weighted by molar-refractivity contribution is 0.415. The minimum atomic E-state index is 0.263. The number of hydrogen-bond acceptors (Lipinski definition) is 6. The number of nitrogens with zero attached hydrogens (tertiary/aromatic N) is 4. The van der Waals surface area contributed by atoms with Crippen molar-refractivity contribution in [1.82, 2.24) is 20.0 Å². The summed E-state index contributed by atoms with van der Waals surface area (Å²) in [6, 6.07) is 9.97. The second-order valence-corrected chi connectivity index (χ2v) is 5.01. The Hall–Kier alpha value is -2.12. The molecule has 2 heterocycles. The highest BCUT2D eigenvalue weighted by Crippen LogP contribution is 2.21. The van der Waals surface area contributed by atoms with Crippen LogP contribution in [0.2, 0.25) is 0 Å². The summed E-state index contributed by atoms with van der Waals surface area (Å²) in [4.78, 5) is 0. The number of para-hydroxylation sites is 1. The highest BCUT2D eigenvalue weighted by atomic mass is 32.2. The van der Waals surface area contributed by atoms with E-state index in [0.29, 0.717) is 11.1 Å². The first kappa shape index (κ1) is 12.9. The van der Waals surface area contributed by atoms with Crippen molar-refractivity contribution >= 4 is 11.8 Å². The predicted molar refractivity (Wildman–Crippen MR) is 75.3 cm³/mol. The molecule has 1 aromatic carbocycles. The van der Waals surface area contributed by atoms with Crippen molar-refractivity contribution in [1.29, 1.82) is 0 Å². The van der Waals surface area contributed by atoms with Gasteiger partial charge in [-0.05, 0) is 12.1 Å². The van der Waals surface area contributed by atoms with Gasteiger partial charge < -0.3 is 10.2 Å². The maximum absolute atomic E-state index is 5.42. The van der Waals surface area contributed by atoms with Crippen LogP contribution >= 0.6 is 11.8 Å². The second kappa shape index (κ2) is 5.89. The zero-order chi connectivity index (χ0) is 13.8. The van der Waals surface area contributed by atoms with E-state index in [1.165, 1.54) is 11.8 Å². The Morgan fingerprint density at radius 2 is 2.05 bits per heavy atom. The Morgan fingerprint density at radius 1 is 1.20 bits per heavy atom. The van der Waals surface area contributed by atoms with Gasteiger partial charge in [0.05, 0.1) is 18.4 Å². The molecular formula is C13H13N5OS. The van der Waals surface area contributed by atoms with Crippen molar-refractivity contribution in [2.75, 3.05) is 0 Å². The minimum absolute atomic E-state index is 0.263. The molecule has 0 amide bonds. The van der Waals surface area contributed by atoms with E-state index in [1.807, 2.05) is 47.4 Å². The van der Waals surface area contributed by atoms with Crippen LogP contribution in [0.4, 0.5) is 0 Å². The van der Waals surface area contributed by atoms with Crippen LogP contribution in [0.15, 0.2) is 52.4 Å². The van der Waals surface area contributed by atoms with E-state index >= 15 is 0 Å². The Morgan fingerprint density at radius 3 is 2.80 bits per heavy atom. The Kier molecular flexibility index (Phi) is 3.80. The quantitative estimate of drug-likeness (QED) is 0.723. The Balaban J connectivity index is 1.65. The third-order valence-corrected chi connectivity index (χ3v) is 3.53. The maximum Gasteiger partial charge on any atom is 0.276 e. The topological polar surface area (TPSA) is 82.8 Å². The molecule has 0 saturated carbocycles. The number of aromatic nitrogens is 4. The van der Waals surface area contributed by atoms with Gasteiger partial charge in [0.25, 0.3) is 5.22 Å². The van der Waals surface area contributed by atoms with Gasteiger partial charge in [-0.15, -0.1) is 10.2 Å². The standard InChI is InChI=1S/C13H13N5OS/c14-6-12-16-17-13(19-12)20-9-10-7-15-18(8-10)11-4-2-1-3-5-11/h1-5,7-8H,6,9,14H2. The van der Waals surface area contributed by atoms with Gasteiger partial charge in [0.1, 0.15) is 0 Å². The molecule has 2 aromatic heterocycles. The largest absolute Gasteiger partial charge is 0.415 e. The molecule has 0 fully saturated rings. The highest BCUT2D eigenvalue weighted by Gasteiger charge is 2.07. The fraction of sp³-hybridized carbons (Fsp3) is 0.154. The number of thioether (sulfide) groups is 1. The zero-order valence-corrected chi connectivity index (χ0v) is 11.5. The lowest BCUT2D eigenvalue weighted by Gasteiger charge is -1.98. The summed E-state index contributed by atoms with van der Waals surface area (Å²) in [7, 11) is 0. The molecule has 102 valence electrons. The fourth-order valence-corrected chi connectivity index (χ4v) is 2.37. The van der Waals surface area contributed by atoms with Crippen LogP contribution in [0.3, 0.4) is 0 Å². The smallest absolute Gasteiger partial charge is 0.276 e. The van der Waals surface area contributed by atoms with Crippen LogP contribution < -0.4 is 5.73 Å². The monoisotopic (exact) mass is 287 g/mol. The number of rotatable bonds is 5. The van der Waals surface area contributed by atoms with E-state index in [1.54, 1.807) is 0 Å². The third kappa shape index (κ3) is 2.89. The summed E-state index contributed by atoms with van der Waals surface area (Å²) < 4.78 is 7.18. The SMILES string of the molecule is NCc1nnc(SCc2cnn(-c3ccccc3)c2)o1. The summed E-state index contributed by atoms with van der Waals surface area (Å²) >= 11 is 1.47. The first-order valence-electron chi connectivity index (χ1n) is 6.09. The number of benzene rings is 1. The summed E-state index contributed by atoms with van der Waals surface area (Å²) in [6.07, 6.45) is 3.82. The molecule has 0 unspecified atom stereocenters. The van der Waals surface area contributed by atoms with Crippen molar-refractivity contribution in [3.63, 3.8) is 0 Å². The molecule has 0 aliphatic rings. The first-order valence-corrected chi connectivity index (χ1v) is 7.08. The third-order valence-electron chi connectivity index (χ3n) is 2.64. The second-order valence-electron chi connectivity index (χ2n) is 4.08. The van der Waals surface area contributed by atoms with Crippen molar-refractivity contribution in [3.05, 3.63) is 54.2 Å². The molecule has 2 N–H and O–H groups in total. The molecule has 3 aromatic rings. The first-order chi connectivity index (χ1) is 9.85. The fourth-order valence-electron chi connectivity index (χ4n) is 1.68. The van der Waals surface area contributed by atoms with Crippen molar-refractivity contribution in [3.8, 4) is 5.69 Å². The van der Waals surface area contributed by atoms with E-state index < -0.39 is 0 Å². The predicted octanol–water partition coefficient (Wildman–Crippen LogP) is 2.01. The van der Waals surface area contributed by atoms with Gasteiger partial charge in [0.2, 0.25) is 5.89 Å². The van der Waals surface area contributed by atoms with E-state index in [4.69, 9.17) is 10.2 Å². The summed E-state index contributed by atoms with van der Waals surface area (Å²) in [6.45, 7) is 0.263. The van der Waals surface area contributed by atoms with Crippen LogP contribution in [0.5, 0.6) is 0 Å². The molecule has 20 heavy (non-hydrogen) atoms. The molecule has 6 nitrogen and oxygen atoms in total. The summed E-state index contributed by atoms with van der Waals surface area (Å²) in [5, 5.41) is 12.6. The average Bonchev–Trinajstić information content (AvgIpc) is 3.15. The van der Waals surface area contributed by atoms with Crippen LogP contribution in [0.1, 0.15) is 11.5 Å². The minimum Gasteiger partial charge on any atom is -0.415 e. The summed E-state index contributed by atoms with van der Waals surface area (Å²) in [5.41, 5.74) is 7.54. The molecule has 0 aliphatic carbocycles. The molecule has 0 spiro atoms. The van der Waals surface area contributed by atoms with Gasteiger partial charge in [-0.1, -0.05) is 30.0 Å². The average molecular weight is 287 g/mol. The maximum atomic E-state index is 5.42. The molecule has 0 saturated heterocycles. The normalized spacial score (nSPS) is 10.8. The van der Waals surface area contributed by atoms with Gasteiger partial charge in [-0.25, -0.2) is 4.68 Å². The van der Waals surface area contributed by atoms with Crippen LogP contribution in [-0.4, -0.2) is 20.0 Å². The van der Waals surface area contributed by atoms with E-state index in [-0.39, 0.29) is 6.54 Å². The van der Waals surface area contributed by atoms with Crippen molar-refractivity contribution in [2.24, 2.45) is 5.73 Å². The highest BCUT2D eigenvalue weighted by molar-refractivity contribution is 7.98. The van der Waals surface area contributed by atoms with Crippen LogP contribution in [0, 0.1) is 0 Å². The van der Waals surface area contributed by atoms with Gasteiger partial charge in [-0.2, -0.15) is 5.10 Å². The molecule has 0 radical (unpaired) electrons. The Bertz CT molecular complexity index is 679. The molecular weight excluding hydrogens is 274 g/mol. The van der Waals surface area contributed by atoms with Crippen LogP contribution in [0.25, 0.3) is 5.69 Å². The lowest BCUT2D eigenvalue weighted by Crippen LogP contribution is -1.95.